The molecule has 1 aromatic rings. The number of nitrogens with one attached hydrogen (secondary N) is 1. The summed E-state index contributed by atoms with van der Waals surface area (Å²) in [6.07, 6.45) is 2.50. The van der Waals surface area contributed by atoms with E-state index in [1.54, 1.807) is 26.0 Å². The molecule has 148 valence electrons. The van der Waals surface area contributed by atoms with Gasteiger partial charge in [0, 0.05) is 52.9 Å². The molecule has 2 aliphatic rings. The van der Waals surface area contributed by atoms with Gasteiger partial charge in [-0.05, 0) is 30.5 Å². The van der Waals surface area contributed by atoms with E-state index >= 15 is 0 Å². The standard InChI is InChI=1S/C20H30N4O3/c1-21-20(24-10-12-27-18(14-24)17-5-4-11-26-17)22-13-15-6-8-16(9-7-15)19(25)23(2)3/h6-9,17-18H,4-5,10-14H2,1-3H3,(H,21,22). The van der Waals surface area contributed by atoms with Gasteiger partial charge < -0.3 is 24.6 Å². The summed E-state index contributed by atoms with van der Waals surface area (Å²) in [5.74, 6) is 0.883. The topological polar surface area (TPSA) is 66.4 Å². The van der Waals surface area contributed by atoms with Crippen molar-refractivity contribution in [2.24, 2.45) is 4.99 Å². The maximum absolute atomic E-state index is 12.0. The van der Waals surface area contributed by atoms with Gasteiger partial charge in [0.1, 0.15) is 6.10 Å². The predicted octanol–water partition coefficient (Wildman–Crippen LogP) is 1.34. The van der Waals surface area contributed by atoms with E-state index in [1.807, 2.05) is 24.3 Å². The Hall–Kier alpha value is -2.12. The van der Waals surface area contributed by atoms with Crippen LogP contribution in [0.1, 0.15) is 28.8 Å². The van der Waals surface area contributed by atoms with Crippen molar-refractivity contribution in [2.45, 2.75) is 31.6 Å². The van der Waals surface area contributed by atoms with Crippen LogP contribution in [0.5, 0.6) is 0 Å². The minimum Gasteiger partial charge on any atom is -0.375 e. The molecule has 0 aliphatic carbocycles. The van der Waals surface area contributed by atoms with E-state index < -0.39 is 0 Å². The molecule has 1 amide bonds. The highest BCUT2D eigenvalue weighted by Crippen LogP contribution is 2.21. The molecule has 0 bridgehead atoms. The number of carbonyl (C=O) groups excluding carboxylic acids is 1. The normalized spacial score (nSPS) is 23.4. The molecule has 0 saturated carbocycles. The van der Waals surface area contributed by atoms with Crippen LogP contribution in [0.25, 0.3) is 0 Å². The number of benzene rings is 1. The Labute approximate surface area is 161 Å². The van der Waals surface area contributed by atoms with Gasteiger partial charge in [-0.25, -0.2) is 0 Å². The zero-order valence-corrected chi connectivity index (χ0v) is 16.5. The second-order valence-electron chi connectivity index (χ2n) is 7.20. The van der Waals surface area contributed by atoms with Crippen LogP contribution in [-0.2, 0) is 16.0 Å². The quantitative estimate of drug-likeness (QED) is 0.636. The highest BCUT2D eigenvalue weighted by atomic mass is 16.5. The Morgan fingerprint density at radius 1 is 1.22 bits per heavy atom. The summed E-state index contributed by atoms with van der Waals surface area (Å²) in [6.45, 7) is 3.79. The third-order valence-electron chi connectivity index (χ3n) is 5.04. The van der Waals surface area contributed by atoms with E-state index in [4.69, 9.17) is 9.47 Å². The van der Waals surface area contributed by atoms with Gasteiger partial charge in [-0.2, -0.15) is 0 Å². The van der Waals surface area contributed by atoms with Crippen LogP contribution < -0.4 is 5.32 Å². The van der Waals surface area contributed by atoms with Gasteiger partial charge in [-0.15, -0.1) is 0 Å². The molecular weight excluding hydrogens is 344 g/mol. The molecule has 27 heavy (non-hydrogen) atoms. The molecule has 2 saturated heterocycles. The first-order valence-electron chi connectivity index (χ1n) is 9.58. The van der Waals surface area contributed by atoms with Crippen LogP contribution in [0.4, 0.5) is 0 Å². The summed E-state index contributed by atoms with van der Waals surface area (Å²) in [7, 11) is 5.32. The molecule has 0 spiro atoms. The van der Waals surface area contributed by atoms with Crippen molar-refractivity contribution in [3.63, 3.8) is 0 Å². The molecule has 7 heteroatoms. The number of nitrogens with zero attached hydrogens (tertiary/aromatic N) is 3. The van der Waals surface area contributed by atoms with E-state index in [-0.39, 0.29) is 18.1 Å². The molecule has 1 aromatic carbocycles. The smallest absolute Gasteiger partial charge is 0.253 e. The number of amides is 1. The Morgan fingerprint density at radius 2 is 1.96 bits per heavy atom. The van der Waals surface area contributed by atoms with Crippen LogP contribution >= 0.6 is 0 Å². The van der Waals surface area contributed by atoms with Crippen LogP contribution in [0.15, 0.2) is 29.3 Å². The zero-order chi connectivity index (χ0) is 19.2. The Morgan fingerprint density at radius 3 is 2.59 bits per heavy atom. The number of carbonyl (C=O) groups is 1. The minimum atomic E-state index is 0.0128. The lowest BCUT2D eigenvalue weighted by atomic mass is 10.1. The average Bonchev–Trinajstić information content (AvgIpc) is 3.23. The highest BCUT2D eigenvalue weighted by molar-refractivity contribution is 5.93. The molecule has 0 aromatic heterocycles. The molecule has 2 unspecified atom stereocenters. The highest BCUT2D eigenvalue weighted by Gasteiger charge is 2.32. The first kappa shape index (κ1) is 19.6. The van der Waals surface area contributed by atoms with E-state index in [9.17, 15) is 4.79 Å². The second kappa shape index (κ2) is 9.19. The number of hydrogen-bond acceptors (Lipinski definition) is 4. The second-order valence-corrected chi connectivity index (χ2v) is 7.20. The molecule has 0 radical (unpaired) electrons. The van der Waals surface area contributed by atoms with Gasteiger partial charge in [-0.3, -0.25) is 9.79 Å². The SMILES string of the molecule is CN=C(NCc1ccc(C(=O)N(C)C)cc1)N1CCOC(C2CCCO2)C1. The van der Waals surface area contributed by atoms with Crippen molar-refractivity contribution in [3.05, 3.63) is 35.4 Å². The van der Waals surface area contributed by atoms with Crippen molar-refractivity contribution in [1.29, 1.82) is 0 Å². The number of hydrogen-bond donors (Lipinski definition) is 1. The lowest BCUT2D eigenvalue weighted by molar-refractivity contribution is -0.0817. The fourth-order valence-corrected chi connectivity index (χ4v) is 3.53. The lowest BCUT2D eigenvalue weighted by Crippen LogP contribution is -2.53. The van der Waals surface area contributed by atoms with E-state index in [0.29, 0.717) is 18.7 Å². The fourth-order valence-electron chi connectivity index (χ4n) is 3.53. The Bertz CT molecular complexity index is 654. The van der Waals surface area contributed by atoms with Crippen LogP contribution in [-0.4, -0.2) is 81.3 Å². The van der Waals surface area contributed by atoms with Crippen molar-refractivity contribution in [1.82, 2.24) is 15.1 Å². The predicted molar refractivity (Wildman–Crippen MR) is 105 cm³/mol. The molecule has 2 aliphatic heterocycles. The van der Waals surface area contributed by atoms with E-state index in [2.05, 4.69) is 15.2 Å². The van der Waals surface area contributed by atoms with Crippen molar-refractivity contribution in [3.8, 4) is 0 Å². The van der Waals surface area contributed by atoms with Gasteiger partial charge in [0.05, 0.1) is 12.7 Å². The van der Waals surface area contributed by atoms with Gasteiger partial charge in [-0.1, -0.05) is 12.1 Å². The van der Waals surface area contributed by atoms with E-state index in [0.717, 1.165) is 44.1 Å². The third-order valence-corrected chi connectivity index (χ3v) is 5.04. The van der Waals surface area contributed by atoms with Crippen LogP contribution in [0, 0.1) is 0 Å². The molecule has 1 N–H and O–H groups in total. The number of rotatable bonds is 4. The summed E-state index contributed by atoms with van der Waals surface area (Å²) in [5, 5.41) is 3.42. The van der Waals surface area contributed by atoms with Crippen molar-refractivity contribution >= 4 is 11.9 Å². The summed E-state index contributed by atoms with van der Waals surface area (Å²) < 4.78 is 11.7. The number of guanidine groups is 1. The molecule has 3 rings (SSSR count). The third kappa shape index (κ3) is 4.99. The monoisotopic (exact) mass is 374 g/mol. The van der Waals surface area contributed by atoms with E-state index in [1.165, 1.54) is 0 Å². The first-order chi connectivity index (χ1) is 13.1. The number of aliphatic imine (C=N–C) groups is 1. The summed E-state index contributed by atoms with van der Waals surface area (Å²) in [5.41, 5.74) is 1.80. The fraction of sp³-hybridized carbons (Fsp3) is 0.600. The summed E-state index contributed by atoms with van der Waals surface area (Å²) >= 11 is 0. The maximum atomic E-state index is 12.0. The van der Waals surface area contributed by atoms with Gasteiger partial charge in [0.2, 0.25) is 0 Å². The largest absolute Gasteiger partial charge is 0.375 e. The van der Waals surface area contributed by atoms with Gasteiger partial charge >= 0.3 is 0 Å². The number of morpholine rings is 1. The summed E-state index contributed by atoms with van der Waals surface area (Å²) in [6, 6.07) is 7.69. The van der Waals surface area contributed by atoms with Crippen LogP contribution in [0.2, 0.25) is 0 Å². The minimum absolute atomic E-state index is 0.0128. The Balaban J connectivity index is 1.55. The van der Waals surface area contributed by atoms with Gasteiger partial charge in [0.15, 0.2) is 5.96 Å². The van der Waals surface area contributed by atoms with Crippen LogP contribution in [0.3, 0.4) is 0 Å². The molecule has 7 nitrogen and oxygen atoms in total. The summed E-state index contributed by atoms with van der Waals surface area (Å²) in [4.78, 5) is 20.2. The first-order valence-corrected chi connectivity index (χ1v) is 9.58. The van der Waals surface area contributed by atoms with Crippen molar-refractivity contribution < 1.29 is 14.3 Å². The molecule has 2 heterocycles. The maximum Gasteiger partial charge on any atom is 0.253 e. The average molecular weight is 374 g/mol. The number of ether oxygens (including phenoxy) is 2. The Kier molecular flexibility index (Phi) is 6.68. The molecule has 2 atom stereocenters. The van der Waals surface area contributed by atoms with Crippen molar-refractivity contribution in [2.75, 3.05) is 47.4 Å². The molecule has 2 fully saturated rings. The zero-order valence-electron chi connectivity index (χ0n) is 16.5. The molecular formula is C20H30N4O3. The van der Waals surface area contributed by atoms with Gasteiger partial charge in [0.25, 0.3) is 5.91 Å². The lowest BCUT2D eigenvalue weighted by Gasteiger charge is -2.37.